The predicted octanol–water partition coefficient (Wildman–Crippen LogP) is 0.965. The fourth-order valence-corrected chi connectivity index (χ4v) is 7.55. The highest BCUT2D eigenvalue weighted by atomic mass is 16.6. The van der Waals surface area contributed by atoms with Crippen LogP contribution in [-0.2, 0) is 19.7 Å². The molecule has 3 amide bonds. The summed E-state index contributed by atoms with van der Waals surface area (Å²) in [4.78, 5) is 45.4. The van der Waals surface area contributed by atoms with E-state index in [1.54, 1.807) is 19.2 Å². The van der Waals surface area contributed by atoms with Crippen LogP contribution in [0.25, 0.3) is 0 Å². The zero-order valence-corrected chi connectivity index (χ0v) is 27.8. The van der Waals surface area contributed by atoms with Crippen molar-refractivity contribution in [1.29, 1.82) is 0 Å². The van der Waals surface area contributed by atoms with Gasteiger partial charge in [-0.05, 0) is 76.1 Å². The van der Waals surface area contributed by atoms with Crippen LogP contribution in [0.2, 0.25) is 0 Å². The lowest BCUT2D eigenvalue weighted by molar-refractivity contribution is -0.158. The number of hydrogen-bond acceptors (Lipinski definition) is 9. The number of carbonyl (C=O) groups excluding carboxylic acids is 3. The molecule has 5 rings (SSSR count). The number of fused-ring (bicyclic) bond motifs is 1. The number of amides is 3. The van der Waals surface area contributed by atoms with E-state index in [4.69, 9.17) is 20.9 Å². The number of rotatable bonds is 12. The molecule has 2 fully saturated rings. The maximum absolute atomic E-state index is 13.4. The third-order valence-corrected chi connectivity index (χ3v) is 10.2. The van der Waals surface area contributed by atoms with Gasteiger partial charge in [-0.2, -0.15) is 0 Å². The summed E-state index contributed by atoms with van der Waals surface area (Å²) < 4.78 is 12.4. The van der Waals surface area contributed by atoms with Crippen LogP contribution in [0.5, 0.6) is 11.5 Å². The molecular formula is C33H49N7O7. The van der Waals surface area contributed by atoms with E-state index < -0.39 is 35.2 Å². The molecular weight excluding hydrogens is 606 g/mol. The van der Waals surface area contributed by atoms with Crippen molar-refractivity contribution < 1.29 is 34.1 Å². The van der Waals surface area contributed by atoms with Crippen LogP contribution < -0.4 is 26.8 Å². The number of guanidine groups is 1. The van der Waals surface area contributed by atoms with E-state index in [1.165, 1.54) is 24.7 Å². The Morgan fingerprint density at radius 1 is 1.28 bits per heavy atom. The molecule has 1 saturated carbocycles. The van der Waals surface area contributed by atoms with Gasteiger partial charge in [-0.15, -0.1) is 0 Å². The van der Waals surface area contributed by atoms with Crippen LogP contribution >= 0.6 is 0 Å². The van der Waals surface area contributed by atoms with Crippen molar-refractivity contribution in [3.05, 3.63) is 35.1 Å². The topological polar surface area (TPSA) is 205 Å². The Bertz CT molecular complexity index is 1440. The maximum Gasteiger partial charge on any atom is 0.414 e. The van der Waals surface area contributed by atoms with Crippen molar-refractivity contribution in [1.82, 2.24) is 20.4 Å². The van der Waals surface area contributed by atoms with E-state index >= 15 is 0 Å². The van der Waals surface area contributed by atoms with Gasteiger partial charge >= 0.3 is 6.09 Å². The highest BCUT2D eigenvalue weighted by Crippen LogP contribution is 2.62. The van der Waals surface area contributed by atoms with Gasteiger partial charge in [0.2, 0.25) is 11.8 Å². The smallest absolute Gasteiger partial charge is 0.414 e. The molecule has 2 aliphatic heterocycles. The molecule has 2 heterocycles. The normalized spacial score (nSPS) is 26.8. The Kier molecular flexibility index (Phi) is 9.92. The molecule has 1 saturated heterocycles. The minimum absolute atomic E-state index is 0.0165. The first-order valence-electron chi connectivity index (χ1n) is 16.5. The Morgan fingerprint density at radius 3 is 2.70 bits per heavy atom. The number of ether oxygens (including phenoxy) is 2. The highest BCUT2D eigenvalue weighted by molar-refractivity contribution is 5.86. The minimum atomic E-state index is -1.23. The third-order valence-electron chi connectivity index (χ3n) is 10.2. The first kappa shape index (κ1) is 34.3. The molecule has 47 heavy (non-hydrogen) atoms. The van der Waals surface area contributed by atoms with Crippen LogP contribution in [0, 0.1) is 12.8 Å². The van der Waals surface area contributed by atoms with Crippen molar-refractivity contribution in [2.24, 2.45) is 22.4 Å². The standard InChI is InChI=1S/C33H49N7O7/c1-19-7-10-24(42)27-26(19)32-13-16-40(18-22-8-9-22)20(2)33(32,45)12-11-25(28(32)47-27)46-31(44)39(4)17-15-36-29(43)23(38-21(3)41)6-5-14-37-30(34)35/h7,10-11,20,22-23,28,42,45H,5-6,8-9,12-18H2,1-4H3,(H,36,43)(H,38,41)(H4,34,35,37). The number of hydrogen-bond donors (Lipinski definition) is 6. The number of phenolic OH excluding ortho intramolecular Hbond substituents is 1. The van der Waals surface area contributed by atoms with Gasteiger partial charge in [-0.3, -0.25) is 19.5 Å². The van der Waals surface area contributed by atoms with Gasteiger partial charge in [0, 0.05) is 58.2 Å². The summed E-state index contributed by atoms with van der Waals surface area (Å²) in [7, 11) is 1.56. The van der Waals surface area contributed by atoms with Crippen molar-refractivity contribution >= 4 is 23.9 Å². The van der Waals surface area contributed by atoms with Crippen LogP contribution in [0.15, 0.2) is 29.0 Å². The second kappa shape index (κ2) is 13.6. The highest BCUT2D eigenvalue weighted by Gasteiger charge is 2.69. The summed E-state index contributed by atoms with van der Waals surface area (Å²) in [5.74, 6) is 0.474. The Labute approximate surface area is 275 Å². The minimum Gasteiger partial charge on any atom is -0.504 e. The zero-order chi connectivity index (χ0) is 34.1. The number of likely N-dealkylation sites (N-methyl/N-ethyl adjacent to an activating group) is 1. The van der Waals surface area contributed by atoms with E-state index in [1.807, 2.05) is 13.0 Å². The summed E-state index contributed by atoms with van der Waals surface area (Å²) in [6.07, 6.45) is 4.33. The van der Waals surface area contributed by atoms with Crippen molar-refractivity contribution in [2.45, 2.75) is 88.5 Å². The summed E-state index contributed by atoms with van der Waals surface area (Å²) >= 11 is 0. The predicted molar refractivity (Wildman–Crippen MR) is 175 cm³/mol. The molecule has 0 aromatic heterocycles. The second-order valence-corrected chi connectivity index (χ2v) is 13.5. The van der Waals surface area contributed by atoms with E-state index in [-0.39, 0.29) is 43.2 Å². The van der Waals surface area contributed by atoms with Crippen LogP contribution in [-0.4, -0.2) is 107 Å². The summed E-state index contributed by atoms with van der Waals surface area (Å²) in [5.41, 5.74) is 10.2. The molecule has 14 heteroatoms. The Balaban J connectivity index is 1.27. The number of nitrogens with zero attached hydrogens (tertiary/aromatic N) is 3. The number of aliphatic hydroxyl groups is 1. The first-order valence-corrected chi connectivity index (χ1v) is 16.5. The molecule has 4 aliphatic rings. The number of aliphatic imine (C=N–C) groups is 1. The Hall–Kier alpha value is -4.04. The van der Waals surface area contributed by atoms with Gasteiger partial charge in [0.25, 0.3) is 0 Å². The number of nitrogens with two attached hydrogens (primary N) is 2. The maximum atomic E-state index is 13.4. The van der Waals surface area contributed by atoms with Crippen molar-refractivity contribution in [3.63, 3.8) is 0 Å². The molecule has 1 spiro atoms. The number of likely N-dealkylation sites (tertiary alicyclic amines) is 1. The van der Waals surface area contributed by atoms with E-state index in [0.29, 0.717) is 43.2 Å². The molecule has 5 atom stereocenters. The molecule has 0 bridgehead atoms. The fraction of sp³-hybridized carbons (Fsp3) is 0.636. The summed E-state index contributed by atoms with van der Waals surface area (Å²) in [6, 6.07) is 2.46. The van der Waals surface area contributed by atoms with Crippen molar-refractivity contribution in [2.75, 3.05) is 39.8 Å². The summed E-state index contributed by atoms with van der Waals surface area (Å²) in [5, 5.41) is 28.9. The lowest BCUT2D eigenvalue weighted by Gasteiger charge is -2.59. The molecule has 8 N–H and O–H groups in total. The average Bonchev–Trinajstić information content (AvgIpc) is 3.76. The van der Waals surface area contributed by atoms with Crippen LogP contribution in [0.3, 0.4) is 0 Å². The average molecular weight is 656 g/mol. The number of aryl methyl sites for hydroxylation is 1. The van der Waals surface area contributed by atoms with Gasteiger partial charge in [-0.1, -0.05) is 6.07 Å². The van der Waals surface area contributed by atoms with Gasteiger partial charge in [0.15, 0.2) is 23.6 Å². The molecule has 1 aromatic rings. The monoisotopic (exact) mass is 655 g/mol. The van der Waals surface area contributed by atoms with Crippen LogP contribution in [0.4, 0.5) is 4.79 Å². The largest absolute Gasteiger partial charge is 0.504 e. The number of nitrogens with one attached hydrogen (secondary N) is 2. The van der Waals surface area contributed by atoms with E-state index in [0.717, 1.165) is 24.2 Å². The molecule has 1 aromatic carbocycles. The summed E-state index contributed by atoms with van der Waals surface area (Å²) in [6.45, 7) is 7.59. The molecule has 2 aliphatic carbocycles. The molecule has 5 unspecified atom stereocenters. The number of benzene rings is 1. The SMILES string of the molecule is CC(=O)NC(CCCN=C(N)N)C(=O)NCCN(C)C(=O)OC1=CCC2(O)C(C)N(CC3CC3)CCC23c2c(C)ccc(O)c2OC13. The number of carbonyl (C=O) groups is 3. The molecule has 14 nitrogen and oxygen atoms in total. The van der Waals surface area contributed by atoms with Gasteiger partial charge in [-0.25, -0.2) is 4.79 Å². The number of piperidine rings is 1. The van der Waals surface area contributed by atoms with Gasteiger partial charge in [0.05, 0.1) is 11.0 Å². The third kappa shape index (κ3) is 6.71. The Morgan fingerprint density at radius 2 is 2.02 bits per heavy atom. The lowest BCUT2D eigenvalue weighted by Crippen LogP contribution is -2.72. The van der Waals surface area contributed by atoms with Crippen LogP contribution in [0.1, 0.15) is 63.5 Å². The van der Waals surface area contributed by atoms with Gasteiger partial charge < -0.3 is 46.7 Å². The first-order chi connectivity index (χ1) is 22.3. The number of phenols is 1. The van der Waals surface area contributed by atoms with Crippen molar-refractivity contribution in [3.8, 4) is 11.5 Å². The quantitative estimate of drug-likeness (QED) is 0.107. The van der Waals surface area contributed by atoms with E-state index in [9.17, 15) is 24.6 Å². The number of aromatic hydroxyl groups is 1. The molecule has 258 valence electrons. The lowest BCUT2D eigenvalue weighted by atomic mass is 9.54. The van der Waals surface area contributed by atoms with Gasteiger partial charge in [0.1, 0.15) is 11.8 Å². The zero-order valence-electron chi connectivity index (χ0n) is 27.8. The molecule has 0 radical (unpaired) electrons. The fourth-order valence-electron chi connectivity index (χ4n) is 7.55. The van der Waals surface area contributed by atoms with E-state index in [2.05, 4.69) is 27.4 Å². The second-order valence-electron chi connectivity index (χ2n) is 13.5.